The van der Waals surface area contributed by atoms with Crippen molar-refractivity contribution in [2.45, 2.75) is 43.3 Å². The molecule has 2 aliphatic heterocycles. The molecule has 3 heterocycles. The first kappa shape index (κ1) is 16.1. The predicted octanol–water partition coefficient (Wildman–Crippen LogP) is 0.600. The molecule has 2 aliphatic rings. The van der Waals surface area contributed by atoms with Gasteiger partial charge >= 0.3 is 5.97 Å². The minimum Gasteiger partial charge on any atom is -0.468 e. The van der Waals surface area contributed by atoms with Crippen molar-refractivity contribution in [3.63, 3.8) is 0 Å². The minimum absolute atomic E-state index is 0.0250. The van der Waals surface area contributed by atoms with Gasteiger partial charge in [0.1, 0.15) is 17.1 Å². The molecule has 0 aromatic carbocycles. The van der Waals surface area contributed by atoms with Crippen molar-refractivity contribution < 1.29 is 22.7 Å². The Balaban J connectivity index is 2.01. The molecule has 0 amide bonds. The predicted molar refractivity (Wildman–Crippen MR) is 81.3 cm³/mol. The van der Waals surface area contributed by atoms with E-state index in [2.05, 4.69) is 14.7 Å². The van der Waals surface area contributed by atoms with Crippen molar-refractivity contribution in [3.05, 3.63) is 18.1 Å². The monoisotopic (exact) mass is 341 g/mol. The van der Waals surface area contributed by atoms with Gasteiger partial charge in [0.05, 0.1) is 25.6 Å². The smallest absolute Gasteiger partial charge is 0.319 e. The molecular weight excluding hydrogens is 322 g/mol. The molecule has 0 aliphatic carbocycles. The van der Waals surface area contributed by atoms with E-state index >= 15 is 0 Å². The van der Waals surface area contributed by atoms with E-state index in [0.717, 1.165) is 19.1 Å². The van der Waals surface area contributed by atoms with Crippen molar-refractivity contribution >= 4 is 21.8 Å². The number of nitrogens with one attached hydrogen (secondary N) is 1. The summed E-state index contributed by atoms with van der Waals surface area (Å²) in [5.74, 6) is 0.00650. The highest BCUT2D eigenvalue weighted by Gasteiger charge is 2.53. The highest BCUT2D eigenvalue weighted by atomic mass is 32.2. The first-order valence-corrected chi connectivity index (χ1v) is 9.27. The van der Waals surface area contributed by atoms with Gasteiger partial charge in [-0.3, -0.25) is 9.52 Å². The molecule has 2 unspecified atom stereocenters. The van der Waals surface area contributed by atoms with Gasteiger partial charge in [-0.2, -0.15) is 0 Å². The Kier molecular flexibility index (Phi) is 4.01. The van der Waals surface area contributed by atoms with Crippen LogP contribution in [0.1, 0.15) is 31.5 Å². The van der Waals surface area contributed by atoms with Crippen molar-refractivity contribution in [1.82, 2.24) is 9.97 Å². The number of aromatic nitrogens is 2. The summed E-state index contributed by atoms with van der Waals surface area (Å²) in [7, 11) is -2.13. The lowest BCUT2D eigenvalue weighted by Gasteiger charge is -2.36. The van der Waals surface area contributed by atoms with Gasteiger partial charge in [0, 0.05) is 6.20 Å². The number of fused-ring (bicyclic) bond motifs is 2. The maximum absolute atomic E-state index is 12.5. The molecule has 8 nitrogen and oxygen atoms in total. The second-order valence-electron chi connectivity index (χ2n) is 6.08. The van der Waals surface area contributed by atoms with Crippen LogP contribution in [0.5, 0.6) is 0 Å². The molecule has 2 fully saturated rings. The fraction of sp³-hybridized carbons (Fsp3) is 0.643. The van der Waals surface area contributed by atoms with Crippen LogP contribution in [0, 0.1) is 0 Å². The molecular formula is C14H19N3O5S. The van der Waals surface area contributed by atoms with E-state index in [-0.39, 0.29) is 23.9 Å². The van der Waals surface area contributed by atoms with E-state index in [1.54, 1.807) is 0 Å². The average Bonchev–Trinajstić information content (AvgIpc) is 2.83. The van der Waals surface area contributed by atoms with E-state index in [0.29, 0.717) is 12.8 Å². The fourth-order valence-electron chi connectivity index (χ4n) is 3.41. The lowest BCUT2D eigenvalue weighted by atomic mass is 9.76. The van der Waals surface area contributed by atoms with Crippen molar-refractivity contribution in [2.24, 2.45) is 0 Å². The zero-order valence-corrected chi connectivity index (χ0v) is 13.8. The number of hydrogen-bond acceptors (Lipinski definition) is 7. The molecule has 2 saturated heterocycles. The summed E-state index contributed by atoms with van der Waals surface area (Å²) < 4.78 is 35.9. The van der Waals surface area contributed by atoms with Crippen molar-refractivity contribution in [2.75, 3.05) is 18.1 Å². The molecule has 1 aromatic heterocycles. The molecule has 2 atom stereocenters. The number of esters is 1. The second kappa shape index (κ2) is 5.72. The number of hydrogen-bond donors (Lipinski definition) is 1. The largest absolute Gasteiger partial charge is 0.468 e. The van der Waals surface area contributed by atoms with E-state index in [4.69, 9.17) is 9.47 Å². The number of methoxy groups -OCH3 is 1. The van der Waals surface area contributed by atoms with Crippen LogP contribution in [0.3, 0.4) is 0 Å². The number of rotatable bonds is 4. The Morgan fingerprint density at radius 3 is 2.61 bits per heavy atom. The number of carbonyl (C=O) groups excluding carboxylic acids is 1. The molecule has 1 aromatic rings. The number of nitrogens with zero attached hydrogens (tertiary/aromatic N) is 2. The second-order valence-corrected chi connectivity index (χ2v) is 7.83. The first-order valence-electron chi connectivity index (χ1n) is 7.37. The van der Waals surface area contributed by atoms with Gasteiger partial charge in [-0.1, -0.05) is 0 Å². The van der Waals surface area contributed by atoms with Gasteiger partial charge in [-0.25, -0.2) is 18.4 Å². The topological polar surface area (TPSA) is 107 Å². The summed E-state index contributed by atoms with van der Waals surface area (Å²) in [5, 5.41) is 0. The molecule has 1 N–H and O–H groups in total. The zero-order chi connectivity index (χ0) is 16.7. The SMILES string of the molecule is COC(=O)C1(c2nccc(NS(C)(=O)=O)n2)CC2CCC(C1)O2. The maximum atomic E-state index is 12.5. The lowest BCUT2D eigenvalue weighted by Crippen LogP contribution is -2.47. The molecule has 126 valence electrons. The molecule has 0 radical (unpaired) electrons. The quantitative estimate of drug-likeness (QED) is 0.799. The summed E-state index contributed by atoms with van der Waals surface area (Å²) in [6.45, 7) is 0. The van der Waals surface area contributed by atoms with Crippen LogP contribution in [0.2, 0.25) is 0 Å². The number of anilines is 1. The van der Waals surface area contributed by atoms with Gasteiger partial charge in [0.2, 0.25) is 10.0 Å². The standard InChI is InChI=1S/C14H19N3O5S/c1-21-13(18)14(7-9-3-4-10(8-14)22-9)12-15-6-5-11(16-12)17-23(2,19)20/h5-6,9-10H,3-4,7-8H2,1-2H3,(H,15,16,17). The molecule has 0 spiro atoms. The Morgan fingerprint density at radius 1 is 1.39 bits per heavy atom. The third kappa shape index (κ3) is 3.16. The number of ether oxygens (including phenoxy) is 2. The molecule has 2 bridgehead atoms. The van der Waals surface area contributed by atoms with E-state index in [1.165, 1.54) is 19.4 Å². The van der Waals surface area contributed by atoms with Crippen LogP contribution in [0.4, 0.5) is 5.82 Å². The van der Waals surface area contributed by atoms with Crippen LogP contribution in [-0.2, 0) is 29.7 Å². The highest BCUT2D eigenvalue weighted by Crippen LogP contribution is 2.45. The Labute approximate surface area is 134 Å². The van der Waals surface area contributed by atoms with Gasteiger partial charge in [0.25, 0.3) is 0 Å². The van der Waals surface area contributed by atoms with E-state index in [9.17, 15) is 13.2 Å². The summed E-state index contributed by atoms with van der Waals surface area (Å²) in [6.07, 6.45) is 5.11. The molecule has 0 saturated carbocycles. The van der Waals surface area contributed by atoms with Crippen LogP contribution >= 0.6 is 0 Å². The molecule has 9 heteroatoms. The lowest BCUT2D eigenvalue weighted by molar-refractivity contribution is -0.155. The van der Waals surface area contributed by atoms with Crippen molar-refractivity contribution in [3.8, 4) is 0 Å². The number of sulfonamides is 1. The summed E-state index contributed by atoms with van der Waals surface area (Å²) >= 11 is 0. The summed E-state index contributed by atoms with van der Waals surface area (Å²) in [4.78, 5) is 21.0. The Bertz CT molecular complexity index is 709. The van der Waals surface area contributed by atoms with Crippen LogP contribution in [-0.4, -0.2) is 49.9 Å². The fourth-order valence-corrected chi connectivity index (χ4v) is 3.91. The summed E-state index contributed by atoms with van der Waals surface area (Å²) in [5.41, 5.74) is -0.992. The zero-order valence-electron chi connectivity index (χ0n) is 13.0. The molecule has 3 rings (SSSR count). The number of carbonyl (C=O) groups is 1. The third-order valence-electron chi connectivity index (χ3n) is 4.30. The summed E-state index contributed by atoms with van der Waals surface area (Å²) in [6, 6.07) is 1.45. The first-order chi connectivity index (χ1) is 10.8. The Morgan fingerprint density at radius 2 is 2.04 bits per heavy atom. The Hall–Kier alpha value is -1.74. The maximum Gasteiger partial charge on any atom is 0.319 e. The van der Waals surface area contributed by atoms with Gasteiger partial charge in [-0.05, 0) is 31.7 Å². The van der Waals surface area contributed by atoms with E-state index < -0.39 is 21.4 Å². The molecule has 23 heavy (non-hydrogen) atoms. The van der Waals surface area contributed by atoms with Gasteiger partial charge in [0.15, 0.2) is 0 Å². The normalized spacial score (nSPS) is 30.0. The minimum atomic E-state index is -3.46. The van der Waals surface area contributed by atoms with Crippen LogP contribution in [0.15, 0.2) is 12.3 Å². The highest BCUT2D eigenvalue weighted by molar-refractivity contribution is 7.92. The average molecular weight is 341 g/mol. The van der Waals surface area contributed by atoms with E-state index in [1.807, 2.05) is 0 Å². The van der Waals surface area contributed by atoms with Crippen LogP contribution in [0.25, 0.3) is 0 Å². The van der Waals surface area contributed by atoms with Gasteiger partial charge < -0.3 is 9.47 Å². The van der Waals surface area contributed by atoms with Gasteiger partial charge in [-0.15, -0.1) is 0 Å². The van der Waals surface area contributed by atoms with Crippen molar-refractivity contribution in [1.29, 1.82) is 0 Å². The van der Waals surface area contributed by atoms with Crippen LogP contribution < -0.4 is 4.72 Å². The third-order valence-corrected chi connectivity index (χ3v) is 4.88.